The van der Waals surface area contributed by atoms with Crippen molar-refractivity contribution in [2.75, 3.05) is 0 Å². The van der Waals surface area contributed by atoms with Crippen molar-refractivity contribution in [1.82, 2.24) is 0 Å². The number of carbonyl (C=O) groups excluding carboxylic acids is 1. The maximum Gasteiger partial charge on any atom is 0.343 e. The quantitative estimate of drug-likeness (QED) is 0.167. The van der Waals surface area contributed by atoms with Gasteiger partial charge in [-0.15, -0.1) is 0 Å². The second kappa shape index (κ2) is 10.4. The van der Waals surface area contributed by atoms with Crippen molar-refractivity contribution in [1.29, 1.82) is 0 Å². The summed E-state index contributed by atoms with van der Waals surface area (Å²) in [6.45, 7) is 4.60. The lowest BCUT2D eigenvalue weighted by atomic mass is 9.74. The van der Waals surface area contributed by atoms with Crippen molar-refractivity contribution >= 4 is 23.9 Å². The minimum Gasteiger partial charge on any atom is -0.479 e. The Kier molecular flexibility index (Phi) is 8.01. The number of benzene rings is 1. The Morgan fingerprint density at radius 3 is 2.13 bits per heavy atom. The fourth-order valence-electron chi connectivity index (χ4n) is 5.13. The minimum absolute atomic E-state index is 0.274. The fourth-order valence-corrected chi connectivity index (χ4v) is 5.13. The first-order chi connectivity index (χ1) is 17.6. The SMILES string of the molecule is CC(=O)OC(C(C)=CCC12OC(C(=O)O)C(O)(C(=O)O)C(C(=O)O)(O1)C(O)C2O)C(C)Cc1ccccc1. The Labute approximate surface area is 216 Å². The largest absolute Gasteiger partial charge is 0.479 e. The van der Waals surface area contributed by atoms with E-state index in [2.05, 4.69) is 0 Å². The summed E-state index contributed by atoms with van der Waals surface area (Å²) in [4.78, 5) is 47.9. The number of carboxylic acid groups (broad SMARTS) is 3. The highest BCUT2D eigenvalue weighted by molar-refractivity contribution is 5.97. The van der Waals surface area contributed by atoms with E-state index in [0.29, 0.717) is 12.0 Å². The molecule has 0 aromatic heterocycles. The number of rotatable bonds is 10. The summed E-state index contributed by atoms with van der Waals surface area (Å²) in [6, 6.07) is 9.32. The monoisotopic (exact) mass is 538 g/mol. The van der Waals surface area contributed by atoms with Crippen LogP contribution >= 0.6 is 0 Å². The van der Waals surface area contributed by atoms with Gasteiger partial charge in [0.25, 0.3) is 0 Å². The molecule has 0 radical (unpaired) electrons. The van der Waals surface area contributed by atoms with Crippen LogP contribution in [0.3, 0.4) is 0 Å². The maximum atomic E-state index is 12.2. The summed E-state index contributed by atoms with van der Waals surface area (Å²) < 4.78 is 16.1. The highest BCUT2D eigenvalue weighted by atomic mass is 16.8. The van der Waals surface area contributed by atoms with Gasteiger partial charge in [-0.05, 0) is 24.5 Å². The van der Waals surface area contributed by atoms with Crippen molar-refractivity contribution in [2.45, 2.75) is 75.0 Å². The van der Waals surface area contributed by atoms with E-state index >= 15 is 0 Å². The molecule has 1 aromatic carbocycles. The van der Waals surface area contributed by atoms with Crippen LogP contribution < -0.4 is 0 Å². The molecule has 3 rings (SSSR count). The first-order valence-corrected chi connectivity index (χ1v) is 11.7. The predicted octanol–water partition coefficient (Wildman–Crippen LogP) is -0.296. The Balaban J connectivity index is 2.01. The third kappa shape index (κ3) is 4.56. The van der Waals surface area contributed by atoms with Crippen LogP contribution in [0.5, 0.6) is 0 Å². The molecule has 0 spiro atoms. The topological polar surface area (TPSA) is 217 Å². The van der Waals surface area contributed by atoms with Gasteiger partial charge in [0.15, 0.2) is 0 Å². The molecule has 6 N–H and O–H groups in total. The molecule has 0 aliphatic carbocycles. The second-order valence-electron chi connectivity index (χ2n) is 9.60. The van der Waals surface area contributed by atoms with Crippen molar-refractivity contribution in [2.24, 2.45) is 5.92 Å². The van der Waals surface area contributed by atoms with Gasteiger partial charge in [0, 0.05) is 19.3 Å². The van der Waals surface area contributed by atoms with Crippen molar-refractivity contribution in [3.63, 3.8) is 0 Å². The number of carboxylic acids is 3. The minimum atomic E-state index is -3.81. The van der Waals surface area contributed by atoms with Crippen molar-refractivity contribution in [3.8, 4) is 0 Å². The zero-order chi connectivity index (χ0) is 28.6. The standard InChI is InChI=1S/C25H30O13/c1-12(16(36-14(3)26)13(2)11-15-7-5-4-6-8-15)9-10-23-17(27)18(28)25(38-23,22(33)34)24(35,21(31)32)19(37-23)20(29)30/h4-9,13,16-19,27-28,35H,10-11H2,1-3H3,(H,29,30)(H,31,32)(H,33,34). The second-order valence-corrected chi connectivity index (χ2v) is 9.60. The van der Waals surface area contributed by atoms with Crippen LogP contribution in [-0.2, 0) is 39.8 Å². The lowest BCUT2D eigenvalue weighted by Crippen LogP contribution is -2.77. The van der Waals surface area contributed by atoms with Crippen molar-refractivity contribution in [3.05, 3.63) is 47.5 Å². The van der Waals surface area contributed by atoms with E-state index in [4.69, 9.17) is 14.2 Å². The zero-order valence-corrected chi connectivity index (χ0v) is 20.8. The molecule has 2 aliphatic heterocycles. The van der Waals surface area contributed by atoms with Crippen LogP contribution in [0.1, 0.15) is 32.8 Å². The zero-order valence-electron chi connectivity index (χ0n) is 20.8. The average Bonchev–Trinajstić information content (AvgIpc) is 3.04. The molecule has 0 amide bonds. The Morgan fingerprint density at radius 1 is 1.03 bits per heavy atom. The summed E-state index contributed by atoms with van der Waals surface area (Å²) in [7, 11) is 0. The number of hydrogen-bond donors (Lipinski definition) is 6. The van der Waals surface area contributed by atoms with Gasteiger partial charge < -0.3 is 44.8 Å². The van der Waals surface area contributed by atoms with Crippen LogP contribution in [-0.4, -0.2) is 95.9 Å². The molecule has 38 heavy (non-hydrogen) atoms. The van der Waals surface area contributed by atoms with Gasteiger partial charge in [-0.2, -0.15) is 0 Å². The molecule has 13 heteroatoms. The number of ether oxygens (including phenoxy) is 3. The third-order valence-electron chi connectivity index (χ3n) is 7.00. The Hall–Kier alpha value is -3.36. The lowest BCUT2D eigenvalue weighted by Gasteiger charge is -2.48. The van der Waals surface area contributed by atoms with Gasteiger partial charge in [-0.25, -0.2) is 14.4 Å². The smallest absolute Gasteiger partial charge is 0.343 e. The number of esters is 1. The van der Waals surface area contributed by atoms with Crippen LogP contribution in [0.4, 0.5) is 0 Å². The van der Waals surface area contributed by atoms with Crippen LogP contribution in [0.2, 0.25) is 0 Å². The number of hydrogen-bond acceptors (Lipinski definition) is 10. The number of aliphatic carboxylic acids is 3. The number of aliphatic hydroxyl groups excluding tert-OH is 2. The van der Waals surface area contributed by atoms with E-state index < -0.39 is 71.7 Å². The Bertz CT molecular complexity index is 1130. The van der Waals surface area contributed by atoms with Gasteiger partial charge in [0.1, 0.15) is 18.3 Å². The molecule has 2 aliphatic rings. The normalized spacial score (nSPS) is 34.3. The highest BCUT2D eigenvalue weighted by Crippen LogP contribution is 2.54. The van der Waals surface area contributed by atoms with E-state index in [1.165, 1.54) is 13.0 Å². The number of aliphatic hydroxyl groups is 3. The summed E-state index contributed by atoms with van der Waals surface area (Å²) in [5.74, 6) is -10.1. The molecule has 8 atom stereocenters. The molecule has 2 bridgehead atoms. The van der Waals surface area contributed by atoms with Crippen LogP contribution in [0.25, 0.3) is 0 Å². The van der Waals surface area contributed by atoms with E-state index in [-0.39, 0.29) is 5.92 Å². The molecule has 2 fully saturated rings. The lowest BCUT2D eigenvalue weighted by molar-refractivity contribution is -0.371. The van der Waals surface area contributed by atoms with Crippen molar-refractivity contribution < 1.29 is 64.0 Å². The van der Waals surface area contributed by atoms with E-state index in [9.17, 15) is 49.8 Å². The third-order valence-corrected chi connectivity index (χ3v) is 7.00. The molecule has 0 saturated carbocycles. The van der Waals surface area contributed by atoms with Crippen LogP contribution in [0, 0.1) is 5.92 Å². The van der Waals surface area contributed by atoms with E-state index in [1.807, 2.05) is 37.3 Å². The van der Waals surface area contributed by atoms with Gasteiger partial charge in [-0.1, -0.05) is 43.3 Å². The Morgan fingerprint density at radius 2 is 1.63 bits per heavy atom. The van der Waals surface area contributed by atoms with Gasteiger partial charge in [0.2, 0.25) is 23.1 Å². The first kappa shape index (κ1) is 29.2. The summed E-state index contributed by atoms with van der Waals surface area (Å²) >= 11 is 0. The highest BCUT2D eigenvalue weighted by Gasteiger charge is 2.84. The molecule has 2 saturated heterocycles. The van der Waals surface area contributed by atoms with Crippen LogP contribution in [0.15, 0.2) is 42.0 Å². The molecule has 13 nitrogen and oxygen atoms in total. The molecular formula is C25H30O13. The summed E-state index contributed by atoms with van der Waals surface area (Å²) in [5, 5.41) is 61.3. The number of fused-ring (bicyclic) bond motifs is 2. The van der Waals surface area contributed by atoms with E-state index in [0.717, 1.165) is 5.56 Å². The predicted molar refractivity (Wildman–Crippen MR) is 125 cm³/mol. The number of carbonyl (C=O) groups is 4. The molecular weight excluding hydrogens is 508 g/mol. The average molecular weight is 539 g/mol. The molecule has 8 unspecified atom stereocenters. The van der Waals surface area contributed by atoms with Gasteiger partial charge in [0.05, 0.1) is 0 Å². The molecule has 208 valence electrons. The maximum absolute atomic E-state index is 12.2. The molecule has 2 heterocycles. The van der Waals surface area contributed by atoms with Gasteiger partial charge >= 0.3 is 23.9 Å². The summed E-state index contributed by atoms with van der Waals surface area (Å²) in [6.07, 6.45) is -7.20. The van der Waals surface area contributed by atoms with E-state index in [1.54, 1.807) is 6.92 Å². The summed E-state index contributed by atoms with van der Waals surface area (Å²) in [5.41, 5.74) is -5.95. The van der Waals surface area contributed by atoms with Gasteiger partial charge in [-0.3, -0.25) is 4.79 Å². The fraction of sp³-hybridized carbons (Fsp3) is 0.520. The first-order valence-electron chi connectivity index (χ1n) is 11.7. The molecule has 1 aromatic rings.